The van der Waals surface area contributed by atoms with Crippen molar-refractivity contribution in [1.82, 2.24) is 9.55 Å². The lowest BCUT2D eigenvalue weighted by atomic mass is 10.1. The van der Waals surface area contributed by atoms with Gasteiger partial charge in [-0.25, -0.2) is 4.98 Å². The first kappa shape index (κ1) is 8.81. The van der Waals surface area contributed by atoms with Gasteiger partial charge in [-0.2, -0.15) is 0 Å². The summed E-state index contributed by atoms with van der Waals surface area (Å²) in [6.45, 7) is 0.948. The zero-order valence-electron chi connectivity index (χ0n) is 7.93. The summed E-state index contributed by atoms with van der Waals surface area (Å²) in [4.78, 5) is 3.99. The first-order chi connectivity index (χ1) is 6.84. The van der Waals surface area contributed by atoms with Gasteiger partial charge >= 0.3 is 0 Å². The average molecular weight is 187 g/mol. The van der Waals surface area contributed by atoms with E-state index in [4.69, 9.17) is 5.73 Å². The van der Waals surface area contributed by atoms with E-state index in [-0.39, 0.29) is 0 Å². The highest BCUT2D eigenvalue weighted by Gasteiger charge is 1.94. The van der Waals surface area contributed by atoms with Crippen molar-refractivity contribution in [2.45, 2.75) is 13.0 Å². The summed E-state index contributed by atoms with van der Waals surface area (Å²) < 4.78 is 2.06. The molecule has 14 heavy (non-hydrogen) atoms. The molecule has 1 aromatic heterocycles. The Morgan fingerprint density at radius 2 is 2.29 bits per heavy atom. The number of nitrogens with two attached hydrogens (primary N) is 1. The van der Waals surface area contributed by atoms with Gasteiger partial charge in [0.05, 0.1) is 6.33 Å². The Morgan fingerprint density at radius 1 is 1.36 bits per heavy atom. The Bertz CT molecular complexity index is 393. The maximum absolute atomic E-state index is 5.69. The molecule has 1 heterocycles. The molecule has 0 radical (unpaired) electrons. The molecule has 3 heteroatoms. The molecule has 3 nitrogen and oxygen atoms in total. The molecule has 2 aromatic rings. The van der Waals surface area contributed by atoms with E-state index in [9.17, 15) is 0 Å². The fraction of sp³-hybridized carbons (Fsp3) is 0.182. The first-order valence-electron chi connectivity index (χ1n) is 4.65. The van der Waals surface area contributed by atoms with Gasteiger partial charge < -0.3 is 10.3 Å². The average Bonchev–Trinajstić information content (AvgIpc) is 2.67. The molecule has 0 unspecified atom stereocenters. The van der Waals surface area contributed by atoms with Gasteiger partial charge in [-0.3, -0.25) is 0 Å². The van der Waals surface area contributed by atoms with Crippen LogP contribution in [0.5, 0.6) is 0 Å². The van der Waals surface area contributed by atoms with E-state index in [1.807, 2.05) is 30.7 Å². The zero-order chi connectivity index (χ0) is 9.80. The van der Waals surface area contributed by atoms with Gasteiger partial charge in [-0.15, -0.1) is 0 Å². The summed E-state index contributed by atoms with van der Waals surface area (Å²) in [6.07, 6.45) is 6.57. The SMILES string of the molecule is Nc1cccc(CCn2ccnc2)c1. The standard InChI is InChI=1S/C11H13N3/c12-11-3-1-2-10(8-11)4-6-14-7-5-13-9-14/h1-3,5,7-9H,4,6,12H2. The molecule has 0 atom stereocenters. The number of nitrogens with zero attached hydrogens (tertiary/aromatic N) is 2. The lowest BCUT2D eigenvalue weighted by Crippen LogP contribution is -1.98. The quantitative estimate of drug-likeness (QED) is 0.743. The molecule has 72 valence electrons. The van der Waals surface area contributed by atoms with E-state index in [0.717, 1.165) is 18.7 Å². The third kappa shape index (κ3) is 2.13. The molecule has 2 N–H and O–H groups in total. The largest absolute Gasteiger partial charge is 0.399 e. The van der Waals surface area contributed by atoms with Gasteiger partial charge in [0.25, 0.3) is 0 Å². The number of hydrogen-bond donors (Lipinski definition) is 1. The summed E-state index contributed by atoms with van der Waals surface area (Å²) in [5.74, 6) is 0. The van der Waals surface area contributed by atoms with Crippen LogP contribution in [0.4, 0.5) is 5.69 Å². The Kier molecular flexibility index (Phi) is 2.49. The van der Waals surface area contributed by atoms with Crippen molar-refractivity contribution in [3.63, 3.8) is 0 Å². The van der Waals surface area contributed by atoms with E-state index in [2.05, 4.69) is 15.6 Å². The van der Waals surface area contributed by atoms with Crippen LogP contribution in [-0.2, 0) is 13.0 Å². The maximum atomic E-state index is 5.69. The van der Waals surface area contributed by atoms with Crippen LogP contribution >= 0.6 is 0 Å². The topological polar surface area (TPSA) is 43.8 Å². The van der Waals surface area contributed by atoms with Crippen molar-refractivity contribution in [2.75, 3.05) is 5.73 Å². The number of hydrogen-bond acceptors (Lipinski definition) is 2. The second-order valence-electron chi connectivity index (χ2n) is 3.30. The van der Waals surface area contributed by atoms with Crippen LogP contribution in [0.3, 0.4) is 0 Å². The lowest BCUT2D eigenvalue weighted by molar-refractivity contribution is 0.696. The van der Waals surface area contributed by atoms with E-state index < -0.39 is 0 Å². The molecule has 0 aliphatic heterocycles. The van der Waals surface area contributed by atoms with Gasteiger partial charge in [0, 0.05) is 24.6 Å². The highest BCUT2D eigenvalue weighted by atomic mass is 15.0. The molecule has 0 spiro atoms. The van der Waals surface area contributed by atoms with Crippen molar-refractivity contribution >= 4 is 5.69 Å². The van der Waals surface area contributed by atoms with E-state index in [1.54, 1.807) is 6.20 Å². The number of rotatable bonds is 3. The predicted octanol–water partition coefficient (Wildman–Crippen LogP) is 1.71. The minimum absolute atomic E-state index is 0.827. The van der Waals surface area contributed by atoms with Crippen molar-refractivity contribution in [3.05, 3.63) is 48.5 Å². The minimum atomic E-state index is 0.827. The lowest BCUT2D eigenvalue weighted by Gasteiger charge is -2.03. The highest BCUT2D eigenvalue weighted by molar-refractivity contribution is 5.40. The van der Waals surface area contributed by atoms with Gasteiger partial charge in [0.15, 0.2) is 0 Å². The van der Waals surface area contributed by atoms with Gasteiger partial charge in [0.2, 0.25) is 0 Å². The fourth-order valence-electron chi connectivity index (χ4n) is 1.43. The molecule has 0 aliphatic rings. The van der Waals surface area contributed by atoms with Crippen LogP contribution in [0.1, 0.15) is 5.56 Å². The van der Waals surface area contributed by atoms with Crippen molar-refractivity contribution in [3.8, 4) is 0 Å². The van der Waals surface area contributed by atoms with Crippen LogP contribution in [0, 0.1) is 0 Å². The summed E-state index contributed by atoms with van der Waals surface area (Å²) in [6, 6.07) is 7.99. The number of aromatic nitrogens is 2. The molecule has 0 amide bonds. The summed E-state index contributed by atoms with van der Waals surface area (Å²) in [5, 5.41) is 0. The van der Waals surface area contributed by atoms with Gasteiger partial charge in [0.1, 0.15) is 0 Å². The van der Waals surface area contributed by atoms with Crippen LogP contribution in [0.2, 0.25) is 0 Å². The molecule has 0 aliphatic carbocycles. The third-order valence-corrected chi connectivity index (χ3v) is 2.17. The van der Waals surface area contributed by atoms with Crippen molar-refractivity contribution in [1.29, 1.82) is 0 Å². The second-order valence-corrected chi connectivity index (χ2v) is 3.30. The van der Waals surface area contributed by atoms with Crippen molar-refractivity contribution < 1.29 is 0 Å². The summed E-state index contributed by atoms with van der Waals surface area (Å²) >= 11 is 0. The molecule has 0 saturated carbocycles. The Hall–Kier alpha value is -1.77. The van der Waals surface area contributed by atoms with Gasteiger partial charge in [-0.1, -0.05) is 12.1 Å². The first-order valence-corrected chi connectivity index (χ1v) is 4.65. The molecular formula is C11H13N3. The number of imidazole rings is 1. The molecule has 0 saturated heterocycles. The smallest absolute Gasteiger partial charge is 0.0946 e. The van der Waals surface area contributed by atoms with E-state index in [0.29, 0.717) is 0 Å². The zero-order valence-corrected chi connectivity index (χ0v) is 7.93. The van der Waals surface area contributed by atoms with Crippen LogP contribution < -0.4 is 5.73 Å². The second kappa shape index (κ2) is 3.96. The highest BCUT2D eigenvalue weighted by Crippen LogP contribution is 2.07. The Balaban J connectivity index is 1.98. The molecule has 0 bridgehead atoms. The molecule has 2 rings (SSSR count). The number of aryl methyl sites for hydroxylation is 2. The fourth-order valence-corrected chi connectivity index (χ4v) is 1.43. The van der Waals surface area contributed by atoms with Gasteiger partial charge in [-0.05, 0) is 24.1 Å². The maximum Gasteiger partial charge on any atom is 0.0946 e. The summed E-state index contributed by atoms with van der Waals surface area (Å²) in [5.41, 5.74) is 7.78. The monoisotopic (exact) mass is 187 g/mol. The molecule has 1 aromatic carbocycles. The number of nitrogen functional groups attached to an aromatic ring is 1. The Labute approximate surface area is 83.2 Å². The normalized spacial score (nSPS) is 10.3. The number of anilines is 1. The number of benzene rings is 1. The molecular weight excluding hydrogens is 174 g/mol. The van der Waals surface area contributed by atoms with E-state index >= 15 is 0 Å². The van der Waals surface area contributed by atoms with Crippen LogP contribution in [0.25, 0.3) is 0 Å². The molecule has 0 fully saturated rings. The predicted molar refractivity (Wildman–Crippen MR) is 56.8 cm³/mol. The minimum Gasteiger partial charge on any atom is -0.399 e. The van der Waals surface area contributed by atoms with Crippen LogP contribution in [-0.4, -0.2) is 9.55 Å². The van der Waals surface area contributed by atoms with E-state index in [1.165, 1.54) is 5.56 Å². The van der Waals surface area contributed by atoms with Crippen LogP contribution in [0.15, 0.2) is 43.0 Å². The Morgan fingerprint density at radius 3 is 3.00 bits per heavy atom. The third-order valence-electron chi connectivity index (χ3n) is 2.17. The summed E-state index contributed by atoms with van der Waals surface area (Å²) in [7, 11) is 0. The van der Waals surface area contributed by atoms with Crippen molar-refractivity contribution in [2.24, 2.45) is 0 Å².